The molecule has 2 N–H and O–H groups in total. The van der Waals surface area contributed by atoms with Crippen molar-refractivity contribution in [2.24, 2.45) is 23.5 Å². The number of hydrogen-bond acceptors (Lipinski definition) is 7. The van der Waals surface area contributed by atoms with Crippen molar-refractivity contribution in [1.29, 1.82) is 0 Å². The number of alkyl halides is 2. The highest BCUT2D eigenvalue weighted by Gasteiger charge is 2.29. The van der Waals surface area contributed by atoms with Crippen molar-refractivity contribution < 1.29 is 28.6 Å². The number of hydrogen-bond donors (Lipinski definition) is 1. The molecule has 0 aromatic rings. The van der Waals surface area contributed by atoms with E-state index < -0.39 is 35.5 Å². The number of rotatable bonds is 8. The fourth-order valence-electron chi connectivity index (χ4n) is 1.74. The van der Waals surface area contributed by atoms with E-state index in [0.717, 1.165) is 0 Å². The Morgan fingerprint density at radius 2 is 1.33 bits per heavy atom. The second-order valence-electron chi connectivity index (χ2n) is 7.56. The van der Waals surface area contributed by atoms with Crippen molar-refractivity contribution in [3.05, 3.63) is 0 Å². The Labute approximate surface area is 172 Å². The predicted molar refractivity (Wildman–Crippen MR) is 105 cm³/mol. The molecule has 0 aromatic heterocycles. The molecule has 7 nitrogen and oxygen atoms in total. The summed E-state index contributed by atoms with van der Waals surface area (Å²) in [5.74, 6) is -1.72. The van der Waals surface area contributed by atoms with E-state index in [1.54, 1.807) is 20.8 Å². The third-order valence-corrected chi connectivity index (χ3v) is 3.52. The molecule has 160 valence electrons. The predicted octanol–water partition coefficient (Wildman–Crippen LogP) is 3.44. The van der Waals surface area contributed by atoms with E-state index in [-0.39, 0.29) is 30.4 Å². The molecule has 0 aliphatic rings. The molecule has 0 bridgehead atoms. The van der Waals surface area contributed by atoms with Gasteiger partial charge in [0, 0.05) is 0 Å². The summed E-state index contributed by atoms with van der Waals surface area (Å²) in [6.45, 7) is 12.8. The van der Waals surface area contributed by atoms with Crippen LogP contribution in [0.2, 0.25) is 0 Å². The van der Waals surface area contributed by atoms with Gasteiger partial charge in [-0.05, 0) is 32.6 Å². The molecule has 0 spiro atoms. The number of halogens is 2. The maximum atomic E-state index is 11.6. The lowest BCUT2D eigenvalue weighted by Gasteiger charge is -2.23. The van der Waals surface area contributed by atoms with Gasteiger partial charge >= 0.3 is 17.9 Å². The van der Waals surface area contributed by atoms with E-state index in [1.165, 1.54) is 0 Å². The van der Waals surface area contributed by atoms with Crippen LogP contribution >= 0.6 is 23.2 Å². The summed E-state index contributed by atoms with van der Waals surface area (Å²) in [5.41, 5.74) is 4.87. The Bertz CT molecular complexity index is 463. The smallest absolute Gasteiger partial charge is 0.324 e. The maximum Gasteiger partial charge on any atom is 0.324 e. The van der Waals surface area contributed by atoms with Crippen molar-refractivity contribution in [2.75, 3.05) is 12.1 Å². The zero-order chi connectivity index (χ0) is 21.8. The summed E-state index contributed by atoms with van der Waals surface area (Å²) < 4.78 is 14.3. The lowest BCUT2D eigenvalue weighted by Crippen LogP contribution is -2.36. The molecule has 0 saturated carbocycles. The Morgan fingerprint density at radius 3 is 1.67 bits per heavy atom. The van der Waals surface area contributed by atoms with Gasteiger partial charge in [0.1, 0.15) is 11.6 Å². The van der Waals surface area contributed by atoms with Crippen LogP contribution in [0.3, 0.4) is 0 Å². The van der Waals surface area contributed by atoms with Crippen molar-refractivity contribution in [3.63, 3.8) is 0 Å². The molecule has 0 radical (unpaired) electrons. The van der Waals surface area contributed by atoms with E-state index in [4.69, 9.17) is 38.4 Å². The monoisotopic (exact) mass is 429 g/mol. The third-order valence-electron chi connectivity index (χ3n) is 3.30. The number of nitrogens with two attached hydrogens (primary N) is 1. The first kappa shape index (κ1) is 28.2. The van der Waals surface area contributed by atoms with Crippen LogP contribution in [0.1, 0.15) is 54.9 Å². The highest BCUT2D eigenvalue weighted by molar-refractivity contribution is 6.17. The number of esters is 3. The molecule has 0 unspecified atom stereocenters. The van der Waals surface area contributed by atoms with E-state index in [9.17, 15) is 14.4 Å². The first-order valence-corrected chi connectivity index (χ1v) is 9.76. The van der Waals surface area contributed by atoms with Gasteiger partial charge in [0.05, 0.1) is 12.3 Å². The molecule has 0 rings (SSSR count). The summed E-state index contributed by atoms with van der Waals surface area (Å²) in [4.78, 5) is 33.9. The van der Waals surface area contributed by atoms with Gasteiger partial charge in [-0.2, -0.15) is 0 Å². The fraction of sp³-hybridized carbons (Fsp3) is 0.833. The molecule has 0 amide bonds. The van der Waals surface area contributed by atoms with Crippen LogP contribution in [0, 0.1) is 17.8 Å². The fourth-order valence-corrected chi connectivity index (χ4v) is 1.95. The molecule has 0 aliphatic heterocycles. The molecule has 0 fully saturated rings. The van der Waals surface area contributed by atoms with Gasteiger partial charge in [0.15, 0.2) is 12.1 Å². The molecule has 0 aromatic carbocycles. The van der Waals surface area contributed by atoms with Crippen molar-refractivity contribution in [3.8, 4) is 0 Å². The Morgan fingerprint density at radius 1 is 0.889 bits per heavy atom. The molecule has 0 aliphatic carbocycles. The van der Waals surface area contributed by atoms with Crippen molar-refractivity contribution in [2.45, 2.75) is 66.5 Å². The van der Waals surface area contributed by atoms with Gasteiger partial charge in [-0.15, -0.1) is 0 Å². The van der Waals surface area contributed by atoms with Gasteiger partial charge in [0.2, 0.25) is 0 Å². The van der Waals surface area contributed by atoms with Crippen LogP contribution in [0.25, 0.3) is 0 Å². The summed E-state index contributed by atoms with van der Waals surface area (Å²) in [6, 6.07) is -0.880. The zero-order valence-corrected chi connectivity index (χ0v) is 18.7. The van der Waals surface area contributed by atoms with Crippen molar-refractivity contribution in [1.82, 2.24) is 0 Å². The summed E-state index contributed by atoms with van der Waals surface area (Å²) in [6.07, 6.45) is 0.0185. The van der Waals surface area contributed by atoms with Crippen molar-refractivity contribution >= 4 is 41.1 Å². The Kier molecular flexibility index (Phi) is 14.6. The van der Waals surface area contributed by atoms with Crippen LogP contribution in [0.5, 0.6) is 0 Å². The van der Waals surface area contributed by atoms with Gasteiger partial charge in [-0.3, -0.25) is 14.4 Å². The van der Waals surface area contributed by atoms with Crippen LogP contribution in [-0.4, -0.2) is 41.7 Å². The minimum absolute atomic E-state index is 0.00163. The second-order valence-corrected chi connectivity index (χ2v) is 7.99. The highest BCUT2D eigenvalue weighted by Crippen LogP contribution is 2.20. The molecule has 0 heterocycles. The summed E-state index contributed by atoms with van der Waals surface area (Å²) in [5, 5.41) is 0. The van der Waals surface area contributed by atoms with Gasteiger partial charge in [0.25, 0.3) is 0 Å². The topological polar surface area (TPSA) is 105 Å². The van der Waals surface area contributed by atoms with Crippen LogP contribution in [-0.2, 0) is 28.6 Å². The third kappa shape index (κ3) is 14.7. The normalized spacial score (nSPS) is 13.3. The molecule has 9 heteroatoms. The quantitative estimate of drug-likeness (QED) is 0.357. The number of ether oxygens (including phenoxy) is 3. The lowest BCUT2D eigenvalue weighted by molar-refractivity contribution is -0.162. The average Bonchev–Trinajstić information content (AvgIpc) is 2.50. The standard InChI is InChI=1S/C12H21ClO4.C6H12ClNO2/c1-8(2)9(11(15)16-7-13)6-10(14)17-12(3,4)5;1-4(2)5(8)6(9)10-3-7/h8-9H,6-7H2,1-5H3;4-5H,3,8H2,1-2H3/t9-;5-/m00/s1. The van der Waals surface area contributed by atoms with E-state index in [0.29, 0.717) is 0 Å². The van der Waals surface area contributed by atoms with E-state index >= 15 is 0 Å². The van der Waals surface area contributed by atoms with E-state index in [1.807, 2.05) is 27.7 Å². The lowest BCUT2D eigenvalue weighted by atomic mass is 9.92. The molecule has 27 heavy (non-hydrogen) atoms. The van der Waals surface area contributed by atoms with Gasteiger partial charge in [-0.1, -0.05) is 50.9 Å². The van der Waals surface area contributed by atoms with E-state index in [2.05, 4.69) is 4.74 Å². The number of carbonyl (C=O) groups is 3. The first-order valence-electron chi connectivity index (χ1n) is 8.69. The Hall–Kier alpha value is -1.05. The Balaban J connectivity index is 0. The first-order chi connectivity index (χ1) is 12.3. The highest BCUT2D eigenvalue weighted by atomic mass is 35.5. The minimum Gasteiger partial charge on any atom is -0.460 e. The van der Waals surface area contributed by atoms with Crippen LogP contribution in [0.4, 0.5) is 0 Å². The van der Waals surface area contributed by atoms with Crippen LogP contribution in [0.15, 0.2) is 0 Å². The zero-order valence-electron chi connectivity index (χ0n) is 17.2. The second kappa shape index (κ2) is 14.0. The largest absolute Gasteiger partial charge is 0.460 e. The van der Waals surface area contributed by atoms with Crippen LogP contribution < -0.4 is 5.73 Å². The number of carbonyl (C=O) groups excluding carboxylic acids is 3. The molecular formula is C18H33Cl2NO6. The summed E-state index contributed by atoms with van der Waals surface area (Å²) >= 11 is 10.5. The summed E-state index contributed by atoms with van der Waals surface area (Å²) in [7, 11) is 0. The minimum atomic E-state index is -0.557. The molecular weight excluding hydrogens is 397 g/mol. The molecule has 0 saturated heterocycles. The SMILES string of the molecule is CC(C)[C@H](CC(=O)OC(C)(C)C)C(=O)OCCl.CC(C)[C@H](N)C(=O)OCCl. The average molecular weight is 430 g/mol. The molecule has 2 atom stereocenters. The van der Waals surface area contributed by atoms with Gasteiger partial charge in [-0.25, -0.2) is 0 Å². The van der Waals surface area contributed by atoms with Gasteiger partial charge < -0.3 is 19.9 Å². The maximum absolute atomic E-state index is 11.6.